The Balaban J connectivity index is 2.27. The van der Waals surface area contributed by atoms with Crippen molar-refractivity contribution in [3.63, 3.8) is 0 Å². The molecule has 1 atom stereocenters. The normalized spacial score (nSPS) is 18.7. The van der Waals surface area contributed by atoms with Gasteiger partial charge < -0.3 is 5.73 Å². The summed E-state index contributed by atoms with van der Waals surface area (Å²) in [5, 5.41) is 0.422. The van der Waals surface area contributed by atoms with Crippen molar-refractivity contribution in [1.29, 1.82) is 0 Å². The standard InChI is InChI=1S/C10H11ClFN/c11-8-3-7(4-9(12)5-8)10(13)6-1-2-6/h3-6,10H,1-2,13H2/t10-/m0/s1. The van der Waals surface area contributed by atoms with Crippen molar-refractivity contribution in [3.05, 3.63) is 34.6 Å². The van der Waals surface area contributed by atoms with Crippen LogP contribution < -0.4 is 5.73 Å². The molecule has 1 aromatic rings. The van der Waals surface area contributed by atoms with Gasteiger partial charge >= 0.3 is 0 Å². The van der Waals surface area contributed by atoms with E-state index in [0.717, 1.165) is 18.4 Å². The van der Waals surface area contributed by atoms with Gasteiger partial charge in [-0.15, -0.1) is 0 Å². The molecule has 0 aromatic heterocycles. The van der Waals surface area contributed by atoms with E-state index in [9.17, 15) is 4.39 Å². The van der Waals surface area contributed by atoms with Crippen LogP contribution in [0.2, 0.25) is 5.02 Å². The smallest absolute Gasteiger partial charge is 0.125 e. The van der Waals surface area contributed by atoms with Crippen LogP contribution in [0.3, 0.4) is 0 Å². The minimum absolute atomic E-state index is 0.0480. The Morgan fingerprint density at radius 1 is 1.38 bits per heavy atom. The van der Waals surface area contributed by atoms with E-state index in [-0.39, 0.29) is 11.9 Å². The Labute approximate surface area is 81.7 Å². The molecule has 70 valence electrons. The topological polar surface area (TPSA) is 26.0 Å². The van der Waals surface area contributed by atoms with Crippen LogP contribution in [0.1, 0.15) is 24.4 Å². The first-order valence-corrected chi connectivity index (χ1v) is 4.76. The number of hydrogen-bond donors (Lipinski definition) is 1. The van der Waals surface area contributed by atoms with Gasteiger partial charge in [0.1, 0.15) is 5.82 Å². The molecule has 1 aliphatic rings. The highest BCUT2D eigenvalue weighted by atomic mass is 35.5. The summed E-state index contributed by atoms with van der Waals surface area (Å²) >= 11 is 5.72. The van der Waals surface area contributed by atoms with Gasteiger partial charge in [-0.2, -0.15) is 0 Å². The lowest BCUT2D eigenvalue weighted by atomic mass is 10.0. The van der Waals surface area contributed by atoms with Crippen LogP contribution in [-0.2, 0) is 0 Å². The van der Waals surface area contributed by atoms with Gasteiger partial charge in [0, 0.05) is 11.1 Å². The monoisotopic (exact) mass is 199 g/mol. The lowest BCUT2D eigenvalue weighted by molar-refractivity contribution is 0.602. The molecule has 0 saturated heterocycles. The average Bonchev–Trinajstić information content (AvgIpc) is 2.83. The molecular weight excluding hydrogens is 189 g/mol. The van der Waals surface area contributed by atoms with Gasteiger partial charge in [-0.05, 0) is 42.5 Å². The molecular formula is C10H11ClFN. The number of halogens is 2. The van der Waals surface area contributed by atoms with E-state index in [4.69, 9.17) is 17.3 Å². The van der Waals surface area contributed by atoms with Crippen LogP contribution in [0.15, 0.2) is 18.2 Å². The van der Waals surface area contributed by atoms with E-state index < -0.39 is 0 Å². The summed E-state index contributed by atoms with van der Waals surface area (Å²) in [6.45, 7) is 0. The molecule has 1 nitrogen and oxygen atoms in total. The summed E-state index contributed by atoms with van der Waals surface area (Å²) in [5.41, 5.74) is 6.73. The second-order valence-corrected chi connectivity index (χ2v) is 4.00. The maximum Gasteiger partial charge on any atom is 0.125 e. The van der Waals surface area contributed by atoms with Gasteiger partial charge in [0.05, 0.1) is 0 Å². The average molecular weight is 200 g/mol. The maximum absolute atomic E-state index is 12.9. The molecule has 0 amide bonds. The fourth-order valence-corrected chi connectivity index (χ4v) is 1.73. The van der Waals surface area contributed by atoms with Crippen molar-refractivity contribution in [1.82, 2.24) is 0 Å². The lowest BCUT2D eigenvalue weighted by Crippen LogP contribution is -2.12. The first-order chi connectivity index (χ1) is 6.16. The second-order valence-electron chi connectivity index (χ2n) is 3.57. The Morgan fingerprint density at radius 2 is 2.08 bits per heavy atom. The molecule has 1 aliphatic carbocycles. The third-order valence-corrected chi connectivity index (χ3v) is 2.62. The molecule has 0 aliphatic heterocycles. The summed E-state index contributed by atoms with van der Waals surface area (Å²) < 4.78 is 12.9. The van der Waals surface area contributed by atoms with Gasteiger partial charge in [-0.3, -0.25) is 0 Å². The van der Waals surface area contributed by atoms with Gasteiger partial charge in [0.25, 0.3) is 0 Å². The van der Waals surface area contributed by atoms with E-state index >= 15 is 0 Å². The molecule has 0 spiro atoms. The van der Waals surface area contributed by atoms with E-state index in [0.29, 0.717) is 10.9 Å². The van der Waals surface area contributed by atoms with Gasteiger partial charge in [-0.25, -0.2) is 4.39 Å². The van der Waals surface area contributed by atoms with Crippen molar-refractivity contribution in [2.24, 2.45) is 11.7 Å². The predicted octanol–water partition coefficient (Wildman–Crippen LogP) is 2.89. The minimum Gasteiger partial charge on any atom is -0.324 e. The highest BCUT2D eigenvalue weighted by Gasteiger charge is 2.29. The fraction of sp³-hybridized carbons (Fsp3) is 0.400. The lowest BCUT2D eigenvalue weighted by Gasteiger charge is -2.10. The first kappa shape index (κ1) is 8.97. The summed E-state index contributed by atoms with van der Waals surface area (Å²) in [4.78, 5) is 0. The molecule has 1 aromatic carbocycles. The largest absolute Gasteiger partial charge is 0.324 e. The van der Waals surface area contributed by atoms with Gasteiger partial charge in [-0.1, -0.05) is 11.6 Å². The Morgan fingerprint density at radius 3 is 2.62 bits per heavy atom. The summed E-state index contributed by atoms with van der Waals surface area (Å²) in [7, 11) is 0. The van der Waals surface area contributed by atoms with Crippen molar-refractivity contribution in [3.8, 4) is 0 Å². The summed E-state index contributed by atoms with van der Waals surface area (Å²) in [6, 6.07) is 4.46. The first-order valence-electron chi connectivity index (χ1n) is 4.38. The number of nitrogens with two attached hydrogens (primary N) is 1. The van der Waals surface area contributed by atoms with Crippen LogP contribution in [0.4, 0.5) is 4.39 Å². The van der Waals surface area contributed by atoms with Crippen molar-refractivity contribution < 1.29 is 4.39 Å². The zero-order valence-corrected chi connectivity index (χ0v) is 7.89. The van der Waals surface area contributed by atoms with Crippen LogP contribution in [0.25, 0.3) is 0 Å². The molecule has 0 bridgehead atoms. The SMILES string of the molecule is N[C@H](c1cc(F)cc(Cl)c1)C1CC1. The minimum atomic E-state index is -0.307. The van der Waals surface area contributed by atoms with Crippen molar-refractivity contribution >= 4 is 11.6 Å². The molecule has 0 heterocycles. The predicted molar refractivity (Wildman–Crippen MR) is 51.1 cm³/mol. The van der Waals surface area contributed by atoms with Crippen molar-refractivity contribution in [2.75, 3.05) is 0 Å². The van der Waals surface area contributed by atoms with E-state index in [1.807, 2.05) is 0 Å². The molecule has 13 heavy (non-hydrogen) atoms. The van der Waals surface area contributed by atoms with E-state index in [1.54, 1.807) is 6.07 Å². The third kappa shape index (κ3) is 2.01. The molecule has 0 unspecified atom stereocenters. The highest BCUT2D eigenvalue weighted by Crippen LogP contribution is 2.39. The van der Waals surface area contributed by atoms with E-state index in [2.05, 4.69) is 0 Å². The Bertz CT molecular complexity index is 302. The molecule has 1 saturated carbocycles. The zero-order valence-electron chi connectivity index (χ0n) is 7.13. The van der Waals surface area contributed by atoms with Crippen LogP contribution >= 0.6 is 11.6 Å². The van der Waals surface area contributed by atoms with Crippen molar-refractivity contribution in [2.45, 2.75) is 18.9 Å². The number of rotatable bonds is 2. The quantitative estimate of drug-likeness (QED) is 0.779. The molecule has 2 N–H and O–H groups in total. The Hall–Kier alpha value is -0.600. The fourth-order valence-electron chi connectivity index (χ4n) is 1.50. The van der Waals surface area contributed by atoms with Crippen LogP contribution in [0.5, 0.6) is 0 Å². The third-order valence-electron chi connectivity index (χ3n) is 2.40. The number of benzene rings is 1. The second kappa shape index (κ2) is 3.28. The van der Waals surface area contributed by atoms with E-state index in [1.165, 1.54) is 12.1 Å². The van der Waals surface area contributed by atoms with Gasteiger partial charge in [0.15, 0.2) is 0 Å². The molecule has 0 radical (unpaired) electrons. The Kier molecular flexibility index (Phi) is 2.26. The zero-order chi connectivity index (χ0) is 9.42. The van der Waals surface area contributed by atoms with Crippen LogP contribution in [-0.4, -0.2) is 0 Å². The summed E-state index contributed by atoms with van der Waals surface area (Å²) in [6.07, 6.45) is 2.30. The molecule has 2 rings (SSSR count). The molecule has 1 fully saturated rings. The van der Waals surface area contributed by atoms with Gasteiger partial charge in [0.2, 0.25) is 0 Å². The summed E-state index contributed by atoms with van der Waals surface area (Å²) in [5.74, 6) is 0.219. The number of hydrogen-bond acceptors (Lipinski definition) is 1. The maximum atomic E-state index is 12.9. The molecule has 3 heteroatoms. The van der Waals surface area contributed by atoms with Crippen LogP contribution in [0, 0.1) is 11.7 Å². The highest BCUT2D eigenvalue weighted by molar-refractivity contribution is 6.30.